The van der Waals surface area contributed by atoms with Crippen LogP contribution in [0.15, 0.2) is 24.3 Å². The van der Waals surface area contributed by atoms with Gasteiger partial charge in [-0.25, -0.2) is 0 Å². The molecule has 0 unspecified atom stereocenters. The molecule has 4 aliphatic rings. The predicted molar refractivity (Wildman–Crippen MR) is 76.4 cm³/mol. The smallest absolute Gasteiger partial charge is 0.240 e. The molecular weight excluding hydrogens is 256 g/mol. The van der Waals surface area contributed by atoms with Gasteiger partial charge >= 0.3 is 0 Å². The van der Waals surface area contributed by atoms with Gasteiger partial charge < -0.3 is 0 Å². The maximum absolute atomic E-state index is 6.03. The van der Waals surface area contributed by atoms with Crippen molar-refractivity contribution in [2.24, 2.45) is 10.8 Å². The van der Waals surface area contributed by atoms with E-state index in [0.29, 0.717) is 17.0 Å². The summed E-state index contributed by atoms with van der Waals surface area (Å²) in [7, 11) is 0. The van der Waals surface area contributed by atoms with Gasteiger partial charge in [-0.05, 0) is 44.5 Å². The molecule has 2 N–H and O–H groups in total. The van der Waals surface area contributed by atoms with Crippen LogP contribution in [0.5, 0.6) is 0 Å². The molecule has 19 heavy (non-hydrogen) atoms. The first-order valence-corrected chi connectivity index (χ1v) is 7.79. The minimum Gasteiger partial charge on any atom is -0.281 e. The maximum atomic E-state index is 6.03. The highest BCUT2D eigenvalue weighted by Crippen LogP contribution is 2.39. The highest BCUT2D eigenvalue weighted by atomic mass is 35.5. The zero-order valence-electron chi connectivity index (χ0n) is 11.8. The summed E-state index contributed by atoms with van der Waals surface area (Å²) in [4.78, 5) is 3.59. The minimum absolute atomic E-state index is 0.568. The van der Waals surface area contributed by atoms with E-state index in [0.717, 1.165) is 5.02 Å². The largest absolute Gasteiger partial charge is 0.281 e. The second-order valence-corrected chi connectivity index (χ2v) is 8.24. The molecule has 0 saturated carbocycles. The summed E-state index contributed by atoms with van der Waals surface area (Å²) >= 11 is 6.03. The van der Waals surface area contributed by atoms with Crippen molar-refractivity contribution >= 4 is 11.6 Å². The van der Waals surface area contributed by atoms with Gasteiger partial charge in [0.25, 0.3) is 0 Å². The first kappa shape index (κ1) is 12.2. The third-order valence-electron chi connectivity index (χ3n) is 5.49. The number of hydrogen-bond acceptors (Lipinski definition) is 0. The van der Waals surface area contributed by atoms with Crippen LogP contribution in [0.1, 0.15) is 32.0 Å². The molecule has 0 aliphatic carbocycles. The average Bonchev–Trinajstić information content (AvgIpc) is 2.27. The molecule has 4 heterocycles. The fourth-order valence-corrected chi connectivity index (χ4v) is 5.67. The molecule has 2 nitrogen and oxygen atoms in total. The van der Waals surface area contributed by atoms with E-state index in [9.17, 15) is 0 Å². The third-order valence-corrected chi connectivity index (χ3v) is 5.74. The van der Waals surface area contributed by atoms with Gasteiger partial charge in [-0.15, -0.1) is 0 Å². The van der Waals surface area contributed by atoms with Crippen molar-refractivity contribution < 1.29 is 9.80 Å². The Hall–Kier alpha value is -0.570. The fraction of sp³-hybridized carbons (Fsp3) is 0.625. The minimum atomic E-state index is 0.568. The van der Waals surface area contributed by atoms with E-state index in [-0.39, 0.29) is 0 Å². The lowest BCUT2D eigenvalue weighted by Gasteiger charge is -2.60. The van der Waals surface area contributed by atoms with Crippen LogP contribution in [-0.2, 0) is 0 Å². The molecule has 0 amide bonds. The van der Waals surface area contributed by atoms with E-state index in [1.54, 1.807) is 9.80 Å². The molecular formula is C16H23ClN2+2. The normalized spacial score (nSPS) is 47.6. The number of nitrogens with one attached hydrogen (secondary N) is 2. The number of rotatable bonds is 1. The van der Waals surface area contributed by atoms with E-state index in [4.69, 9.17) is 11.6 Å². The van der Waals surface area contributed by atoms with E-state index in [1.165, 1.54) is 38.2 Å². The summed E-state index contributed by atoms with van der Waals surface area (Å²) in [6, 6.07) is 8.57. The Kier molecular flexibility index (Phi) is 2.41. The molecule has 0 atom stereocenters. The van der Waals surface area contributed by atoms with Crippen LogP contribution in [0.25, 0.3) is 0 Å². The van der Waals surface area contributed by atoms with Crippen LogP contribution < -0.4 is 9.80 Å². The third kappa shape index (κ3) is 1.84. The van der Waals surface area contributed by atoms with Gasteiger partial charge in [0.2, 0.25) is 6.17 Å². The number of piperidine rings is 2. The molecule has 0 spiro atoms. The Morgan fingerprint density at radius 3 is 1.89 bits per heavy atom. The molecule has 4 aliphatic heterocycles. The van der Waals surface area contributed by atoms with E-state index < -0.39 is 0 Å². The first-order chi connectivity index (χ1) is 8.96. The Labute approximate surface area is 120 Å². The lowest BCUT2D eigenvalue weighted by molar-refractivity contribution is -1.18. The maximum Gasteiger partial charge on any atom is 0.240 e. The summed E-state index contributed by atoms with van der Waals surface area (Å²) in [6.45, 7) is 10.4. The van der Waals surface area contributed by atoms with Crippen LogP contribution >= 0.6 is 11.6 Å². The fourth-order valence-electron chi connectivity index (χ4n) is 5.55. The van der Waals surface area contributed by atoms with Crippen LogP contribution in [0.3, 0.4) is 0 Å². The van der Waals surface area contributed by atoms with Crippen LogP contribution in [0.4, 0.5) is 0 Å². The lowest BCUT2D eigenvalue weighted by atomic mass is 9.63. The van der Waals surface area contributed by atoms with Gasteiger partial charge in [0.1, 0.15) is 0 Å². The van der Waals surface area contributed by atoms with Crippen molar-refractivity contribution in [2.75, 3.05) is 26.2 Å². The topological polar surface area (TPSA) is 8.88 Å². The Bertz CT molecular complexity index is 474. The van der Waals surface area contributed by atoms with Crippen LogP contribution in [0, 0.1) is 10.8 Å². The molecule has 5 rings (SSSR count). The highest BCUT2D eigenvalue weighted by molar-refractivity contribution is 6.30. The van der Waals surface area contributed by atoms with Crippen molar-refractivity contribution in [1.29, 1.82) is 0 Å². The van der Waals surface area contributed by atoms with Gasteiger partial charge in [0, 0.05) is 5.02 Å². The molecule has 0 aromatic heterocycles. The van der Waals surface area contributed by atoms with Crippen molar-refractivity contribution in [3.05, 3.63) is 34.9 Å². The van der Waals surface area contributed by atoms with Crippen molar-refractivity contribution in [3.8, 4) is 0 Å². The van der Waals surface area contributed by atoms with Gasteiger partial charge in [-0.1, -0.05) is 11.6 Å². The zero-order chi connectivity index (χ0) is 13.3. The van der Waals surface area contributed by atoms with E-state index in [2.05, 4.69) is 26.0 Å². The first-order valence-electron chi connectivity index (χ1n) is 7.41. The van der Waals surface area contributed by atoms with E-state index in [1.807, 2.05) is 12.1 Å². The standard InChI is InChI=1S/C16H21ClN2/c1-15-7-16(2)10-18(8-15)14(19(9-15)11-16)12-3-5-13(17)6-4-12/h3-6,14H,7-11H2,1-2H3/p+2. The van der Waals surface area contributed by atoms with Gasteiger partial charge in [0.15, 0.2) is 0 Å². The summed E-state index contributed by atoms with van der Waals surface area (Å²) in [6.07, 6.45) is 2.07. The molecule has 4 bridgehead atoms. The Morgan fingerprint density at radius 1 is 0.947 bits per heavy atom. The molecule has 0 radical (unpaired) electrons. The van der Waals surface area contributed by atoms with Gasteiger partial charge in [0.05, 0.1) is 42.6 Å². The lowest BCUT2D eigenvalue weighted by Crippen LogP contribution is -3.40. The number of hydrogen-bond donors (Lipinski definition) is 2. The average molecular weight is 279 g/mol. The summed E-state index contributed by atoms with van der Waals surface area (Å²) in [5.41, 5.74) is 2.61. The SMILES string of the molecule is CC12C[NH+]3CC(C)(C[NH+](C1)C3c1ccc(Cl)cc1)C2. The van der Waals surface area contributed by atoms with Crippen molar-refractivity contribution in [2.45, 2.75) is 26.4 Å². The highest BCUT2D eigenvalue weighted by Gasteiger charge is 2.62. The summed E-state index contributed by atoms with van der Waals surface area (Å²) in [5, 5.41) is 0.849. The van der Waals surface area contributed by atoms with Gasteiger partial charge in [-0.2, -0.15) is 0 Å². The van der Waals surface area contributed by atoms with Gasteiger partial charge in [-0.3, -0.25) is 9.80 Å². The quantitative estimate of drug-likeness (QED) is 0.743. The monoisotopic (exact) mass is 278 g/mol. The molecule has 3 heteroatoms. The molecule has 4 fully saturated rings. The summed E-state index contributed by atoms with van der Waals surface area (Å²) < 4.78 is 0. The predicted octanol–water partition coefficient (Wildman–Crippen LogP) is 0.552. The Morgan fingerprint density at radius 2 is 1.42 bits per heavy atom. The number of halogens is 1. The van der Waals surface area contributed by atoms with Crippen LogP contribution in [0.2, 0.25) is 5.02 Å². The van der Waals surface area contributed by atoms with Crippen molar-refractivity contribution in [1.82, 2.24) is 0 Å². The van der Waals surface area contributed by atoms with E-state index >= 15 is 0 Å². The van der Waals surface area contributed by atoms with Crippen molar-refractivity contribution in [3.63, 3.8) is 0 Å². The second-order valence-electron chi connectivity index (χ2n) is 7.81. The number of benzene rings is 1. The Balaban J connectivity index is 1.71. The molecule has 1 aromatic rings. The molecule has 102 valence electrons. The second kappa shape index (κ2) is 3.75. The molecule has 4 saturated heterocycles. The molecule has 1 aromatic carbocycles. The van der Waals surface area contributed by atoms with Crippen LogP contribution in [-0.4, -0.2) is 26.2 Å². The zero-order valence-corrected chi connectivity index (χ0v) is 12.6. The number of quaternary nitrogens is 2. The summed E-state index contributed by atoms with van der Waals surface area (Å²) in [5.74, 6) is 0.